The number of para-hydroxylation sites is 1. The van der Waals surface area contributed by atoms with Crippen LogP contribution in [-0.4, -0.2) is 7.11 Å². The summed E-state index contributed by atoms with van der Waals surface area (Å²) in [6.07, 6.45) is 0. The lowest BCUT2D eigenvalue weighted by atomic mass is 10.0. The summed E-state index contributed by atoms with van der Waals surface area (Å²) in [5.41, 5.74) is 5.78. The molecule has 1 unspecified atom stereocenters. The van der Waals surface area contributed by atoms with E-state index in [9.17, 15) is 0 Å². The molecule has 0 amide bonds. The van der Waals surface area contributed by atoms with E-state index in [1.54, 1.807) is 7.11 Å². The van der Waals surface area contributed by atoms with Crippen LogP contribution < -0.4 is 16.0 Å². The molecule has 0 aliphatic rings. The number of nitrogens with two attached hydrogens (primary N) is 1. The SMILES string of the molecule is COc1ccc(C(NN)c2cc3ccccc3o2)cc1C. The molecule has 4 nitrogen and oxygen atoms in total. The summed E-state index contributed by atoms with van der Waals surface area (Å²) in [7, 11) is 1.67. The van der Waals surface area contributed by atoms with Gasteiger partial charge in [-0.2, -0.15) is 0 Å². The van der Waals surface area contributed by atoms with Crippen molar-refractivity contribution in [3.63, 3.8) is 0 Å². The monoisotopic (exact) mass is 282 g/mol. The third kappa shape index (κ3) is 2.51. The maximum Gasteiger partial charge on any atom is 0.134 e. The molecule has 4 heteroatoms. The minimum absolute atomic E-state index is 0.193. The van der Waals surface area contributed by atoms with Gasteiger partial charge >= 0.3 is 0 Å². The highest BCUT2D eigenvalue weighted by Gasteiger charge is 2.18. The Morgan fingerprint density at radius 3 is 2.62 bits per heavy atom. The number of hydrogen-bond donors (Lipinski definition) is 2. The number of rotatable bonds is 4. The Bertz CT molecular complexity index is 731. The van der Waals surface area contributed by atoms with E-state index in [1.165, 1.54) is 0 Å². The van der Waals surface area contributed by atoms with Crippen LogP contribution in [0.25, 0.3) is 11.0 Å². The maximum atomic E-state index is 5.90. The molecule has 108 valence electrons. The molecule has 0 aliphatic heterocycles. The van der Waals surface area contributed by atoms with Gasteiger partial charge in [0.15, 0.2) is 0 Å². The second-order valence-electron chi connectivity index (χ2n) is 5.02. The Morgan fingerprint density at radius 2 is 1.95 bits per heavy atom. The van der Waals surface area contributed by atoms with Crippen molar-refractivity contribution in [2.24, 2.45) is 5.84 Å². The number of hydrazine groups is 1. The van der Waals surface area contributed by atoms with E-state index < -0.39 is 0 Å². The average Bonchev–Trinajstić information content (AvgIpc) is 2.91. The normalized spacial score (nSPS) is 12.5. The first-order chi connectivity index (χ1) is 10.2. The third-order valence-electron chi connectivity index (χ3n) is 3.65. The molecule has 3 rings (SSSR count). The fourth-order valence-electron chi connectivity index (χ4n) is 2.57. The van der Waals surface area contributed by atoms with Gasteiger partial charge in [0, 0.05) is 5.39 Å². The number of fused-ring (bicyclic) bond motifs is 1. The van der Waals surface area contributed by atoms with E-state index in [0.717, 1.165) is 33.6 Å². The molecule has 1 atom stereocenters. The Morgan fingerprint density at radius 1 is 1.14 bits per heavy atom. The van der Waals surface area contributed by atoms with Crippen molar-refractivity contribution in [2.75, 3.05) is 7.11 Å². The Labute approximate surface area is 123 Å². The van der Waals surface area contributed by atoms with Gasteiger partial charge in [-0.3, -0.25) is 5.84 Å². The lowest BCUT2D eigenvalue weighted by Crippen LogP contribution is -2.28. The van der Waals surface area contributed by atoms with Crippen LogP contribution in [0.15, 0.2) is 52.9 Å². The first-order valence-electron chi connectivity index (χ1n) is 6.82. The van der Waals surface area contributed by atoms with Gasteiger partial charge in [0.25, 0.3) is 0 Å². The van der Waals surface area contributed by atoms with Crippen molar-refractivity contribution in [3.8, 4) is 5.75 Å². The molecule has 0 fully saturated rings. The van der Waals surface area contributed by atoms with Crippen LogP contribution in [0.1, 0.15) is 22.9 Å². The first kappa shape index (κ1) is 13.7. The lowest BCUT2D eigenvalue weighted by molar-refractivity contribution is 0.411. The van der Waals surface area contributed by atoms with Crippen molar-refractivity contribution >= 4 is 11.0 Å². The fraction of sp³-hybridized carbons (Fsp3) is 0.176. The predicted octanol–water partition coefficient (Wildman–Crippen LogP) is 3.30. The van der Waals surface area contributed by atoms with Crippen LogP contribution in [0.3, 0.4) is 0 Å². The van der Waals surface area contributed by atoms with Gasteiger partial charge in [0.05, 0.1) is 7.11 Å². The number of methoxy groups -OCH3 is 1. The number of aryl methyl sites for hydroxylation is 1. The van der Waals surface area contributed by atoms with Crippen molar-refractivity contribution in [3.05, 3.63) is 65.4 Å². The van der Waals surface area contributed by atoms with E-state index in [0.29, 0.717) is 0 Å². The molecule has 0 saturated heterocycles. The number of ether oxygens (including phenoxy) is 1. The van der Waals surface area contributed by atoms with Crippen molar-refractivity contribution in [1.82, 2.24) is 5.43 Å². The van der Waals surface area contributed by atoms with E-state index in [4.69, 9.17) is 15.0 Å². The first-order valence-corrected chi connectivity index (χ1v) is 6.82. The highest BCUT2D eigenvalue weighted by molar-refractivity contribution is 5.78. The second kappa shape index (κ2) is 5.60. The fourth-order valence-corrected chi connectivity index (χ4v) is 2.57. The molecule has 3 aromatic rings. The van der Waals surface area contributed by atoms with Crippen LogP contribution in [0.5, 0.6) is 5.75 Å². The molecule has 0 spiro atoms. The molecule has 2 aromatic carbocycles. The molecule has 3 N–H and O–H groups in total. The van der Waals surface area contributed by atoms with Gasteiger partial charge in [-0.15, -0.1) is 0 Å². The van der Waals surface area contributed by atoms with Crippen molar-refractivity contribution in [1.29, 1.82) is 0 Å². The van der Waals surface area contributed by atoms with Crippen LogP contribution in [0.2, 0.25) is 0 Å². The second-order valence-corrected chi connectivity index (χ2v) is 5.02. The topological polar surface area (TPSA) is 60.4 Å². The summed E-state index contributed by atoms with van der Waals surface area (Å²) in [6.45, 7) is 2.01. The van der Waals surface area contributed by atoms with Gasteiger partial charge < -0.3 is 9.15 Å². The minimum Gasteiger partial charge on any atom is -0.496 e. The smallest absolute Gasteiger partial charge is 0.134 e. The summed E-state index contributed by atoms with van der Waals surface area (Å²) >= 11 is 0. The average molecular weight is 282 g/mol. The molecule has 0 bridgehead atoms. The standard InChI is InChI=1S/C17H18N2O2/c1-11-9-13(7-8-14(11)20-2)17(19-18)16-10-12-5-3-4-6-15(12)21-16/h3-10,17,19H,18H2,1-2H3. The molecule has 0 radical (unpaired) electrons. The number of hydrogen-bond acceptors (Lipinski definition) is 4. The molecule has 1 aromatic heterocycles. The maximum absolute atomic E-state index is 5.90. The minimum atomic E-state index is -0.193. The Balaban J connectivity index is 2.03. The summed E-state index contributed by atoms with van der Waals surface area (Å²) in [5.74, 6) is 7.39. The summed E-state index contributed by atoms with van der Waals surface area (Å²) in [4.78, 5) is 0. The summed E-state index contributed by atoms with van der Waals surface area (Å²) in [5, 5.41) is 1.07. The molecule has 1 heterocycles. The number of furan rings is 1. The van der Waals surface area contributed by atoms with E-state index in [-0.39, 0.29) is 6.04 Å². The highest BCUT2D eigenvalue weighted by Crippen LogP contribution is 2.30. The highest BCUT2D eigenvalue weighted by atomic mass is 16.5. The van der Waals surface area contributed by atoms with Gasteiger partial charge in [-0.1, -0.05) is 30.3 Å². The number of nitrogens with one attached hydrogen (secondary N) is 1. The number of benzene rings is 2. The van der Waals surface area contributed by atoms with Crippen LogP contribution in [0.4, 0.5) is 0 Å². The van der Waals surface area contributed by atoms with Crippen molar-refractivity contribution in [2.45, 2.75) is 13.0 Å². The van der Waals surface area contributed by atoms with E-state index in [2.05, 4.69) is 11.5 Å². The largest absolute Gasteiger partial charge is 0.496 e. The summed E-state index contributed by atoms with van der Waals surface area (Å²) < 4.78 is 11.2. The van der Waals surface area contributed by atoms with Crippen LogP contribution in [0, 0.1) is 6.92 Å². The van der Waals surface area contributed by atoms with E-state index >= 15 is 0 Å². The molecular weight excluding hydrogens is 264 g/mol. The molecule has 0 aliphatic carbocycles. The van der Waals surface area contributed by atoms with E-state index in [1.807, 2.05) is 49.4 Å². The Hall–Kier alpha value is -2.30. The third-order valence-corrected chi connectivity index (χ3v) is 3.65. The molecule has 0 saturated carbocycles. The zero-order valence-electron chi connectivity index (χ0n) is 12.1. The van der Waals surface area contributed by atoms with Gasteiger partial charge in [0.2, 0.25) is 0 Å². The summed E-state index contributed by atoms with van der Waals surface area (Å²) in [6, 6.07) is 15.7. The predicted molar refractivity (Wildman–Crippen MR) is 83.1 cm³/mol. The van der Waals surface area contributed by atoms with Gasteiger partial charge in [-0.05, 0) is 36.2 Å². The molecule has 21 heavy (non-hydrogen) atoms. The van der Waals surface area contributed by atoms with Crippen LogP contribution >= 0.6 is 0 Å². The van der Waals surface area contributed by atoms with Crippen LogP contribution in [-0.2, 0) is 0 Å². The zero-order valence-corrected chi connectivity index (χ0v) is 12.1. The lowest BCUT2D eigenvalue weighted by Gasteiger charge is -2.15. The zero-order chi connectivity index (χ0) is 14.8. The van der Waals surface area contributed by atoms with Gasteiger partial charge in [0.1, 0.15) is 23.1 Å². The quantitative estimate of drug-likeness (QED) is 0.569. The van der Waals surface area contributed by atoms with Crippen molar-refractivity contribution < 1.29 is 9.15 Å². The molecular formula is C17H18N2O2. The Kier molecular flexibility index (Phi) is 3.64. The van der Waals surface area contributed by atoms with Gasteiger partial charge in [-0.25, -0.2) is 5.43 Å².